The van der Waals surface area contributed by atoms with Crippen molar-refractivity contribution in [2.45, 2.75) is 0 Å². The number of rotatable bonds is 6. The molecule has 0 aliphatic carbocycles. The fourth-order valence-electron chi connectivity index (χ4n) is 4.27. The number of hydrogen-bond acceptors (Lipinski definition) is 8. The molecule has 2 aromatic heterocycles. The molecule has 1 aliphatic heterocycles. The van der Waals surface area contributed by atoms with Gasteiger partial charge in [0.2, 0.25) is 0 Å². The van der Waals surface area contributed by atoms with Crippen LogP contribution in [0, 0.1) is 0 Å². The zero-order valence-electron chi connectivity index (χ0n) is 18.4. The van der Waals surface area contributed by atoms with Crippen LogP contribution in [0.5, 0.6) is 5.75 Å². The Hall–Kier alpha value is -3.11. The molecule has 3 heterocycles. The quantitative estimate of drug-likeness (QED) is 0.363. The topological polar surface area (TPSA) is 79.4 Å². The maximum absolute atomic E-state index is 13.4. The van der Waals surface area contributed by atoms with Gasteiger partial charge < -0.3 is 10.1 Å². The molecule has 1 aliphatic rings. The van der Waals surface area contributed by atoms with E-state index in [1.54, 1.807) is 11.3 Å². The van der Waals surface area contributed by atoms with Crippen LogP contribution in [-0.2, 0) is 0 Å². The molecule has 9 heteroatoms. The highest BCUT2D eigenvalue weighted by Crippen LogP contribution is 2.34. The third kappa shape index (κ3) is 4.23. The minimum absolute atomic E-state index is 0.225. The van der Waals surface area contributed by atoms with Crippen molar-refractivity contribution >= 4 is 64.9 Å². The van der Waals surface area contributed by atoms with Gasteiger partial charge >= 0.3 is 0 Å². The summed E-state index contributed by atoms with van der Waals surface area (Å²) in [6.07, 6.45) is 0. The molecule has 0 atom stereocenters. The summed E-state index contributed by atoms with van der Waals surface area (Å²) in [5.74, 6) is 0.367. The van der Waals surface area contributed by atoms with Gasteiger partial charge in [0.1, 0.15) is 17.9 Å². The molecular weight excluding hydrogens is 466 g/mol. The van der Waals surface area contributed by atoms with Crippen molar-refractivity contribution in [3.63, 3.8) is 0 Å². The molecule has 6 rings (SSSR count). The summed E-state index contributed by atoms with van der Waals surface area (Å²) in [4.78, 5) is 24.8. The molecular formula is C25H23N5O2S2. The molecule has 1 saturated heterocycles. The van der Waals surface area contributed by atoms with Gasteiger partial charge in [0.15, 0.2) is 5.13 Å². The summed E-state index contributed by atoms with van der Waals surface area (Å²) in [6.45, 7) is 5.38. The van der Waals surface area contributed by atoms with E-state index in [0.717, 1.165) is 63.9 Å². The highest BCUT2D eigenvalue weighted by atomic mass is 32.1. The first kappa shape index (κ1) is 21.4. The average Bonchev–Trinajstić information content (AvgIpc) is 3.50. The maximum Gasteiger partial charge on any atom is 0.261 e. The Morgan fingerprint density at radius 1 is 1.12 bits per heavy atom. The molecule has 0 bridgehead atoms. The Bertz CT molecular complexity index is 1490. The monoisotopic (exact) mass is 489 g/mol. The van der Waals surface area contributed by atoms with Gasteiger partial charge in [-0.1, -0.05) is 35.6 Å². The predicted molar refractivity (Wildman–Crippen MR) is 140 cm³/mol. The van der Waals surface area contributed by atoms with E-state index >= 15 is 0 Å². The van der Waals surface area contributed by atoms with Crippen LogP contribution < -0.4 is 15.4 Å². The Labute approximate surface area is 204 Å². The summed E-state index contributed by atoms with van der Waals surface area (Å²) in [5.41, 5.74) is 4.12. The van der Waals surface area contributed by atoms with Gasteiger partial charge in [-0.3, -0.25) is 15.0 Å². The average molecular weight is 490 g/mol. The number of amides is 1. The van der Waals surface area contributed by atoms with Crippen LogP contribution in [0.15, 0.2) is 54.0 Å². The number of carbonyl (C=O) groups is 1. The lowest BCUT2D eigenvalue weighted by Gasteiger charge is -2.27. The van der Waals surface area contributed by atoms with Gasteiger partial charge in [-0.15, -0.1) is 11.3 Å². The molecule has 3 aromatic carbocycles. The number of carbonyl (C=O) groups excluding carboxylic acids is 1. The number of ether oxygens (including phenoxy) is 1. The Kier molecular flexibility index (Phi) is 5.84. The summed E-state index contributed by atoms with van der Waals surface area (Å²) in [7, 11) is 0. The Morgan fingerprint density at radius 3 is 2.79 bits per heavy atom. The second kappa shape index (κ2) is 9.27. The lowest BCUT2D eigenvalue weighted by Crippen LogP contribution is -2.44. The van der Waals surface area contributed by atoms with Crippen molar-refractivity contribution in [2.24, 2.45) is 0 Å². The third-order valence-electron chi connectivity index (χ3n) is 6.04. The predicted octanol–water partition coefficient (Wildman–Crippen LogP) is 4.60. The van der Waals surface area contributed by atoms with E-state index in [1.165, 1.54) is 11.3 Å². The van der Waals surface area contributed by atoms with E-state index in [4.69, 9.17) is 4.74 Å². The lowest BCUT2D eigenvalue weighted by molar-refractivity contribution is 0.102. The fourth-order valence-corrected chi connectivity index (χ4v) is 5.97. The van der Waals surface area contributed by atoms with Crippen molar-refractivity contribution in [1.82, 2.24) is 20.2 Å². The highest BCUT2D eigenvalue weighted by molar-refractivity contribution is 7.24. The van der Waals surface area contributed by atoms with Crippen LogP contribution in [0.1, 0.15) is 10.4 Å². The van der Waals surface area contributed by atoms with E-state index in [9.17, 15) is 4.79 Å². The van der Waals surface area contributed by atoms with Gasteiger partial charge in [-0.2, -0.15) is 0 Å². The van der Waals surface area contributed by atoms with Crippen LogP contribution in [0.4, 0.5) is 5.13 Å². The van der Waals surface area contributed by atoms with Crippen molar-refractivity contribution in [3.8, 4) is 5.75 Å². The number of nitrogens with one attached hydrogen (secondary N) is 2. The highest BCUT2D eigenvalue weighted by Gasteiger charge is 2.18. The van der Waals surface area contributed by atoms with Gasteiger partial charge in [-0.05, 0) is 35.0 Å². The summed E-state index contributed by atoms with van der Waals surface area (Å²) in [6, 6.07) is 15.9. The molecule has 7 nitrogen and oxygen atoms in total. The number of hydrogen-bond donors (Lipinski definition) is 2. The lowest BCUT2D eigenvalue weighted by atomic mass is 10.1. The van der Waals surface area contributed by atoms with Crippen molar-refractivity contribution < 1.29 is 9.53 Å². The molecule has 5 aromatic rings. The summed E-state index contributed by atoms with van der Waals surface area (Å²) < 4.78 is 8.27. The van der Waals surface area contributed by atoms with Crippen molar-refractivity contribution in [2.75, 3.05) is 44.6 Å². The molecule has 2 N–H and O–H groups in total. The Balaban J connectivity index is 1.27. The van der Waals surface area contributed by atoms with E-state index in [-0.39, 0.29) is 5.91 Å². The zero-order chi connectivity index (χ0) is 22.9. The number of anilines is 1. The van der Waals surface area contributed by atoms with Gasteiger partial charge in [-0.25, -0.2) is 9.97 Å². The summed E-state index contributed by atoms with van der Waals surface area (Å²) >= 11 is 3.05. The smallest absolute Gasteiger partial charge is 0.261 e. The minimum Gasteiger partial charge on any atom is -0.491 e. The third-order valence-corrected chi connectivity index (χ3v) is 7.83. The number of nitrogens with zero attached hydrogens (tertiary/aromatic N) is 3. The molecule has 1 fully saturated rings. The second-order valence-corrected chi connectivity index (χ2v) is 10.1. The molecule has 0 unspecified atom stereocenters. The van der Waals surface area contributed by atoms with E-state index < -0.39 is 0 Å². The van der Waals surface area contributed by atoms with Crippen molar-refractivity contribution in [1.29, 1.82) is 0 Å². The summed E-state index contributed by atoms with van der Waals surface area (Å²) in [5, 5.41) is 8.95. The van der Waals surface area contributed by atoms with Crippen LogP contribution in [0.2, 0.25) is 0 Å². The van der Waals surface area contributed by atoms with E-state index in [2.05, 4.69) is 25.5 Å². The number of benzene rings is 3. The van der Waals surface area contributed by atoms with Crippen LogP contribution in [-0.4, -0.2) is 60.1 Å². The Morgan fingerprint density at radius 2 is 1.94 bits per heavy atom. The number of piperazine rings is 1. The molecule has 0 spiro atoms. The first-order valence-corrected chi connectivity index (χ1v) is 13.0. The van der Waals surface area contributed by atoms with E-state index in [1.807, 2.05) is 54.0 Å². The standard InChI is InChI=1S/C25H23N5O2S2/c31-24(29-25-28-19-5-6-21-22(23(19)34-25)27-15-33-21)18-13-16-3-1-2-4-17(16)14-20(18)32-12-11-30-9-7-26-8-10-30/h1-6,13-15,26H,7-12H2,(H,28,29,31). The number of aromatic nitrogens is 2. The van der Waals surface area contributed by atoms with Crippen LogP contribution >= 0.6 is 22.7 Å². The molecule has 0 radical (unpaired) electrons. The SMILES string of the molecule is O=C(Nc1nc2ccc3scnc3c2s1)c1cc2ccccc2cc1OCCN1CCNCC1. The molecule has 34 heavy (non-hydrogen) atoms. The van der Waals surface area contributed by atoms with Crippen LogP contribution in [0.3, 0.4) is 0 Å². The van der Waals surface area contributed by atoms with E-state index in [0.29, 0.717) is 23.1 Å². The first-order valence-electron chi connectivity index (χ1n) is 11.3. The second-order valence-electron chi connectivity index (χ2n) is 8.22. The molecule has 172 valence electrons. The number of fused-ring (bicyclic) bond motifs is 4. The van der Waals surface area contributed by atoms with Gasteiger partial charge in [0.25, 0.3) is 5.91 Å². The molecule has 1 amide bonds. The van der Waals surface area contributed by atoms with Crippen molar-refractivity contribution in [3.05, 3.63) is 59.6 Å². The minimum atomic E-state index is -0.225. The van der Waals surface area contributed by atoms with Gasteiger partial charge in [0.05, 0.1) is 26.0 Å². The largest absolute Gasteiger partial charge is 0.491 e. The first-order chi connectivity index (χ1) is 16.7. The maximum atomic E-state index is 13.4. The zero-order valence-corrected chi connectivity index (χ0v) is 20.0. The number of thiazole rings is 2. The van der Waals surface area contributed by atoms with Gasteiger partial charge in [0, 0.05) is 32.7 Å². The van der Waals surface area contributed by atoms with Crippen LogP contribution in [0.25, 0.3) is 31.2 Å². The fraction of sp³-hybridized carbons (Fsp3) is 0.240. The molecule has 0 saturated carbocycles. The normalized spacial score (nSPS) is 14.7.